The van der Waals surface area contributed by atoms with E-state index in [1.165, 1.54) is 0 Å². The summed E-state index contributed by atoms with van der Waals surface area (Å²) in [6.45, 7) is 4.42. The zero-order chi connectivity index (χ0) is 21.7. The van der Waals surface area contributed by atoms with E-state index in [4.69, 9.17) is 4.42 Å². The van der Waals surface area contributed by atoms with Gasteiger partial charge < -0.3 is 18.8 Å². The van der Waals surface area contributed by atoms with Crippen LogP contribution in [0.3, 0.4) is 0 Å². The highest BCUT2D eigenvalue weighted by Crippen LogP contribution is 2.35. The van der Waals surface area contributed by atoms with Crippen molar-refractivity contribution in [1.82, 2.24) is 24.6 Å². The number of carbonyl (C=O) groups is 1. The first kappa shape index (κ1) is 19.8. The van der Waals surface area contributed by atoms with Crippen LogP contribution in [0, 0.1) is 12.8 Å². The molecule has 0 aromatic carbocycles. The second-order valence-corrected chi connectivity index (χ2v) is 9.02. The molecule has 0 radical (unpaired) electrons. The van der Waals surface area contributed by atoms with Gasteiger partial charge in [-0.1, -0.05) is 6.07 Å². The number of nitrogens with one attached hydrogen (secondary N) is 1. The summed E-state index contributed by atoms with van der Waals surface area (Å²) in [5.41, 5.74) is 3.04. The molecular weight excluding hydrogens is 394 g/mol. The van der Waals surface area contributed by atoms with E-state index in [2.05, 4.69) is 16.3 Å². The zero-order valence-corrected chi connectivity index (χ0v) is 18.1. The van der Waals surface area contributed by atoms with E-state index in [1.807, 2.05) is 53.6 Å². The number of aromatic amines is 1. The molecular formula is C23H27N5O3. The van der Waals surface area contributed by atoms with Gasteiger partial charge in [0.2, 0.25) is 0 Å². The van der Waals surface area contributed by atoms with Crippen LogP contribution in [0.4, 0.5) is 0 Å². The minimum absolute atomic E-state index is 0.0829. The highest BCUT2D eigenvalue weighted by atomic mass is 16.3. The van der Waals surface area contributed by atoms with Crippen LogP contribution in [0.15, 0.2) is 39.5 Å². The van der Waals surface area contributed by atoms with Crippen molar-refractivity contribution in [3.05, 3.63) is 63.4 Å². The minimum Gasteiger partial charge on any atom is -0.460 e. The molecule has 31 heavy (non-hydrogen) atoms. The average molecular weight is 422 g/mol. The molecule has 1 N–H and O–H groups in total. The average Bonchev–Trinajstić information content (AvgIpc) is 3.38. The van der Waals surface area contributed by atoms with E-state index in [-0.39, 0.29) is 23.3 Å². The summed E-state index contributed by atoms with van der Waals surface area (Å²) >= 11 is 0. The van der Waals surface area contributed by atoms with Gasteiger partial charge in [-0.2, -0.15) is 5.10 Å². The lowest BCUT2D eigenvalue weighted by atomic mass is 9.83. The Balaban J connectivity index is 1.37. The summed E-state index contributed by atoms with van der Waals surface area (Å²) in [5, 5.41) is 7.14. The summed E-state index contributed by atoms with van der Waals surface area (Å²) in [7, 11) is 3.94. The van der Waals surface area contributed by atoms with Crippen molar-refractivity contribution in [2.75, 3.05) is 27.2 Å². The van der Waals surface area contributed by atoms with E-state index in [0.717, 1.165) is 23.4 Å². The van der Waals surface area contributed by atoms with E-state index in [0.29, 0.717) is 43.3 Å². The molecule has 2 bridgehead atoms. The van der Waals surface area contributed by atoms with Crippen LogP contribution in [0.5, 0.6) is 0 Å². The summed E-state index contributed by atoms with van der Waals surface area (Å²) in [6.07, 6.45) is 1.01. The second-order valence-electron chi connectivity index (χ2n) is 9.02. The number of likely N-dealkylation sites (tertiary alicyclic amines) is 1. The van der Waals surface area contributed by atoms with E-state index in [9.17, 15) is 9.59 Å². The number of rotatable bonds is 4. The normalized spacial score (nSPS) is 20.2. The van der Waals surface area contributed by atoms with Crippen LogP contribution >= 0.6 is 0 Å². The number of piperidine rings is 1. The highest BCUT2D eigenvalue weighted by molar-refractivity contribution is 5.93. The fraction of sp³-hybridized carbons (Fsp3) is 0.435. The van der Waals surface area contributed by atoms with Gasteiger partial charge in [0.25, 0.3) is 11.5 Å². The van der Waals surface area contributed by atoms with Gasteiger partial charge in [-0.15, -0.1) is 0 Å². The molecule has 8 nitrogen and oxygen atoms in total. The Bertz CT molecular complexity index is 1190. The van der Waals surface area contributed by atoms with Crippen LogP contribution in [0.2, 0.25) is 0 Å². The summed E-state index contributed by atoms with van der Waals surface area (Å²) in [4.78, 5) is 30.1. The number of hydrogen-bond donors (Lipinski definition) is 1. The quantitative estimate of drug-likeness (QED) is 0.699. The lowest BCUT2D eigenvalue weighted by Crippen LogP contribution is -2.49. The van der Waals surface area contributed by atoms with Crippen molar-refractivity contribution < 1.29 is 9.21 Å². The first-order valence-electron chi connectivity index (χ1n) is 10.7. The first-order chi connectivity index (χ1) is 14.9. The van der Waals surface area contributed by atoms with Crippen molar-refractivity contribution in [1.29, 1.82) is 0 Å². The third-order valence-corrected chi connectivity index (χ3v) is 6.26. The zero-order valence-electron chi connectivity index (χ0n) is 18.1. The van der Waals surface area contributed by atoms with Gasteiger partial charge in [-0.3, -0.25) is 14.7 Å². The first-order valence-corrected chi connectivity index (χ1v) is 10.7. The van der Waals surface area contributed by atoms with Gasteiger partial charge in [-0.25, -0.2) is 0 Å². The summed E-state index contributed by atoms with van der Waals surface area (Å²) in [5.74, 6) is 1.84. The molecule has 0 saturated carbocycles. The maximum Gasteiger partial charge on any atom is 0.274 e. The fourth-order valence-corrected chi connectivity index (χ4v) is 4.92. The maximum absolute atomic E-state index is 13.2. The minimum atomic E-state index is -0.0829. The molecule has 0 unspecified atom stereocenters. The van der Waals surface area contributed by atoms with Crippen LogP contribution in [0.1, 0.15) is 39.8 Å². The number of nitrogens with zero attached hydrogens (tertiary/aromatic N) is 4. The molecule has 2 aliphatic heterocycles. The molecule has 5 heterocycles. The summed E-state index contributed by atoms with van der Waals surface area (Å²) < 4.78 is 7.56. The number of aromatic nitrogens is 3. The van der Waals surface area contributed by atoms with Gasteiger partial charge in [0, 0.05) is 49.4 Å². The number of fused-ring (bicyclic) bond motifs is 4. The van der Waals surface area contributed by atoms with E-state index >= 15 is 0 Å². The van der Waals surface area contributed by atoms with Crippen LogP contribution in [-0.2, 0) is 13.1 Å². The Morgan fingerprint density at radius 2 is 2.06 bits per heavy atom. The van der Waals surface area contributed by atoms with Crippen molar-refractivity contribution >= 4 is 5.91 Å². The lowest BCUT2D eigenvalue weighted by Gasteiger charge is -2.42. The topological polar surface area (TPSA) is 87.4 Å². The van der Waals surface area contributed by atoms with Gasteiger partial charge in [-0.05, 0) is 51.6 Å². The number of H-pyrrole nitrogens is 1. The third-order valence-electron chi connectivity index (χ3n) is 6.26. The molecule has 3 aromatic rings. The molecule has 0 aliphatic carbocycles. The van der Waals surface area contributed by atoms with Gasteiger partial charge in [0.05, 0.1) is 0 Å². The molecule has 5 rings (SSSR count). The van der Waals surface area contributed by atoms with Crippen molar-refractivity contribution in [2.45, 2.75) is 32.4 Å². The van der Waals surface area contributed by atoms with Crippen LogP contribution in [-0.4, -0.2) is 57.7 Å². The number of pyridine rings is 1. The van der Waals surface area contributed by atoms with Crippen LogP contribution in [0.25, 0.3) is 11.5 Å². The number of furan rings is 1. The molecule has 2 aliphatic rings. The molecule has 1 saturated heterocycles. The molecule has 8 heteroatoms. The molecule has 1 fully saturated rings. The Hall–Kier alpha value is -3.13. The molecule has 2 atom stereocenters. The highest BCUT2D eigenvalue weighted by Gasteiger charge is 2.37. The van der Waals surface area contributed by atoms with Crippen molar-refractivity contribution in [3.8, 4) is 11.5 Å². The monoisotopic (exact) mass is 421 g/mol. The second kappa shape index (κ2) is 7.53. The number of amides is 1. The summed E-state index contributed by atoms with van der Waals surface area (Å²) in [6, 6.07) is 9.51. The fourth-order valence-electron chi connectivity index (χ4n) is 4.92. The predicted molar refractivity (Wildman–Crippen MR) is 116 cm³/mol. The standard InChI is InChI=1S/C23H27N5O3/c1-14-4-7-21(31-14)18-9-19(25-24-18)23(30)27-10-15-8-17(13-27)20-6-5-16(12-26(2)3)22(29)28(20)11-15/h4-7,9,15,17H,8,10-13H2,1-3H3,(H,24,25)/t15-,17+/m0/s1. The Morgan fingerprint density at radius 1 is 1.23 bits per heavy atom. The molecule has 1 amide bonds. The van der Waals surface area contributed by atoms with Gasteiger partial charge in [0.15, 0.2) is 11.5 Å². The number of hydrogen-bond acceptors (Lipinski definition) is 5. The Labute approximate surface area is 180 Å². The maximum atomic E-state index is 13.2. The van der Waals surface area contributed by atoms with Crippen molar-refractivity contribution in [3.63, 3.8) is 0 Å². The third kappa shape index (κ3) is 3.61. The molecule has 3 aromatic heterocycles. The Kier molecular flexibility index (Phi) is 4.81. The molecule has 162 valence electrons. The van der Waals surface area contributed by atoms with Gasteiger partial charge >= 0.3 is 0 Å². The molecule has 0 spiro atoms. The number of carbonyl (C=O) groups excluding carboxylic acids is 1. The van der Waals surface area contributed by atoms with Crippen LogP contribution < -0.4 is 5.56 Å². The Morgan fingerprint density at radius 3 is 2.81 bits per heavy atom. The van der Waals surface area contributed by atoms with Gasteiger partial charge in [0.1, 0.15) is 11.5 Å². The SMILES string of the molecule is Cc1ccc(-c2cc(C(=O)N3C[C@@H]4C[C@H](C3)c3ccc(CN(C)C)c(=O)n3C4)n[nH]2)o1. The lowest BCUT2D eigenvalue weighted by molar-refractivity contribution is 0.0588. The van der Waals surface area contributed by atoms with E-state index in [1.54, 1.807) is 6.07 Å². The van der Waals surface area contributed by atoms with Crippen molar-refractivity contribution in [2.24, 2.45) is 5.92 Å². The smallest absolute Gasteiger partial charge is 0.274 e. The largest absolute Gasteiger partial charge is 0.460 e. The van der Waals surface area contributed by atoms with E-state index < -0.39 is 0 Å². The number of aryl methyl sites for hydroxylation is 1. The predicted octanol–water partition coefficient (Wildman–Crippen LogP) is 2.46.